The smallest absolute Gasteiger partial charge is 0.261 e. The lowest BCUT2D eigenvalue weighted by Gasteiger charge is -2.11. The monoisotopic (exact) mass is 343 g/mol. The summed E-state index contributed by atoms with van der Waals surface area (Å²) in [5.41, 5.74) is 1.06. The number of nitrogens with zero attached hydrogens (tertiary/aromatic N) is 2. The molecule has 124 valence electrons. The van der Waals surface area contributed by atoms with Crippen LogP contribution in [0.5, 0.6) is 0 Å². The molecule has 24 heavy (non-hydrogen) atoms. The molecule has 0 atom stereocenters. The molecule has 0 saturated heterocycles. The molecule has 0 radical (unpaired) electrons. The van der Waals surface area contributed by atoms with Crippen LogP contribution in [0, 0.1) is 0 Å². The summed E-state index contributed by atoms with van der Waals surface area (Å²) in [5, 5.41) is 0.510. The van der Waals surface area contributed by atoms with Gasteiger partial charge in [0.25, 0.3) is 5.56 Å². The highest BCUT2D eigenvalue weighted by Crippen LogP contribution is 2.08. The quantitative estimate of drug-likeness (QED) is 0.762. The van der Waals surface area contributed by atoms with E-state index in [0.29, 0.717) is 22.3 Å². The van der Waals surface area contributed by atoms with Crippen LogP contribution in [-0.2, 0) is 29.4 Å². The first kappa shape index (κ1) is 16.4. The summed E-state index contributed by atoms with van der Waals surface area (Å²) in [5.74, 6) is 0.255. The highest BCUT2D eigenvalue weighted by Gasteiger charge is 2.14. The maximum Gasteiger partial charge on any atom is 0.261 e. The van der Waals surface area contributed by atoms with E-state index in [1.807, 2.05) is 6.07 Å². The Hall–Kier alpha value is -2.51. The Morgan fingerprint density at radius 1 is 1.04 bits per heavy atom. The first-order chi connectivity index (χ1) is 11.5. The lowest BCUT2D eigenvalue weighted by Crippen LogP contribution is -2.30. The fourth-order valence-corrected chi connectivity index (χ4v) is 3.52. The standard InChI is InChI=1S/C17H17N3O3S/c1-20-16(19-15-10-6-5-9-14(15)17(20)21)11-18-24(22,23)12-13-7-3-2-4-8-13/h2-10,18H,11-12H2,1H3. The SMILES string of the molecule is Cn1c(CNS(=O)(=O)Cc2ccccc2)nc2ccccc2c1=O. The van der Waals surface area contributed by atoms with Crippen LogP contribution in [0.3, 0.4) is 0 Å². The summed E-state index contributed by atoms with van der Waals surface area (Å²) in [6, 6.07) is 15.9. The fourth-order valence-electron chi connectivity index (χ4n) is 2.44. The van der Waals surface area contributed by atoms with Crippen LogP contribution in [0.15, 0.2) is 59.4 Å². The Labute approximate surface area is 139 Å². The van der Waals surface area contributed by atoms with Crippen molar-refractivity contribution in [1.82, 2.24) is 14.3 Å². The van der Waals surface area contributed by atoms with E-state index in [9.17, 15) is 13.2 Å². The van der Waals surface area contributed by atoms with Crippen LogP contribution >= 0.6 is 0 Å². The molecular weight excluding hydrogens is 326 g/mol. The van der Waals surface area contributed by atoms with Crippen LogP contribution < -0.4 is 10.3 Å². The van der Waals surface area contributed by atoms with Crippen molar-refractivity contribution in [2.24, 2.45) is 7.05 Å². The van der Waals surface area contributed by atoms with Crippen molar-refractivity contribution in [2.75, 3.05) is 0 Å². The van der Waals surface area contributed by atoms with Gasteiger partial charge in [-0.05, 0) is 17.7 Å². The molecule has 6 nitrogen and oxygen atoms in total. The number of hydrogen-bond donors (Lipinski definition) is 1. The maximum atomic E-state index is 12.3. The van der Waals surface area contributed by atoms with E-state index in [-0.39, 0.29) is 17.9 Å². The van der Waals surface area contributed by atoms with Crippen LogP contribution in [0.1, 0.15) is 11.4 Å². The van der Waals surface area contributed by atoms with Crippen molar-refractivity contribution in [3.05, 3.63) is 76.3 Å². The molecule has 0 aliphatic heterocycles. The number of benzene rings is 2. The zero-order chi connectivity index (χ0) is 17.2. The van der Waals surface area contributed by atoms with Crippen molar-refractivity contribution < 1.29 is 8.42 Å². The lowest BCUT2D eigenvalue weighted by atomic mass is 10.2. The summed E-state index contributed by atoms with van der Waals surface area (Å²) in [6.45, 7) is -0.0360. The molecule has 0 fully saturated rings. The highest BCUT2D eigenvalue weighted by atomic mass is 32.2. The second kappa shape index (κ2) is 6.54. The van der Waals surface area contributed by atoms with E-state index in [4.69, 9.17) is 0 Å². The summed E-state index contributed by atoms with van der Waals surface area (Å²) >= 11 is 0. The molecule has 0 bridgehead atoms. The predicted octanol–water partition coefficient (Wildman–Crippen LogP) is 1.55. The second-order valence-electron chi connectivity index (χ2n) is 5.48. The average Bonchev–Trinajstić information content (AvgIpc) is 2.57. The summed E-state index contributed by atoms with van der Waals surface area (Å²) in [7, 11) is -1.94. The van der Waals surface area contributed by atoms with E-state index in [0.717, 1.165) is 0 Å². The van der Waals surface area contributed by atoms with E-state index in [2.05, 4.69) is 9.71 Å². The van der Waals surface area contributed by atoms with Crippen LogP contribution in [0.2, 0.25) is 0 Å². The van der Waals surface area contributed by atoms with Gasteiger partial charge in [-0.2, -0.15) is 0 Å². The van der Waals surface area contributed by atoms with Crippen molar-refractivity contribution in [3.63, 3.8) is 0 Å². The Bertz CT molecular complexity index is 1030. The third-order valence-corrected chi connectivity index (χ3v) is 5.02. The van der Waals surface area contributed by atoms with Gasteiger partial charge in [0, 0.05) is 7.05 Å². The molecule has 0 saturated carbocycles. The van der Waals surface area contributed by atoms with Crippen LogP contribution in [-0.4, -0.2) is 18.0 Å². The van der Waals surface area contributed by atoms with Crippen molar-refractivity contribution in [1.29, 1.82) is 0 Å². The van der Waals surface area contributed by atoms with E-state index < -0.39 is 10.0 Å². The maximum absolute atomic E-state index is 12.3. The minimum absolute atomic E-state index is 0.0360. The van der Waals surface area contributed by atoms with Gasteiger partial charge >= 0.3 is 0 Å². The molecule has 3 aromatic rings. The number of sulfonamides is 1. The zero-order valence-corrected chi connectivity index (χ0v) is 14.0. The molecular formula is C17H17N3O3S. The molecule has 0 unspecified atom stereocenters. The van der Waals surface area contributed by atoms with E-state index >= 15 is 0 Å². The van der Waals surface area contributed by atoms with Crippen LogP contribution in [0.25, 0.3) is 10.9 Å². The van der Waals surface area contributed by atoms with Gasteiger partial charge in [-0.15, -0.1) is 0 Å². The number of fused-ring (bicyclic) bond motifs is 1. The normalized spacial score (nSPS) is 11.7. The number of aromatic nitrogens is 2. The first-order valence-corrected chi connectivity index (χ1v) is 9.07. The van der Waals surface area contributed by atoms with Gasteiger partial charge in [0.15, 0.2) is 0 Å². The Morgan fingerprint density at radius 3 is 2.46 bits per heavy atom. The van der Waals surface area contributed by atoms with Gasteiger partial charge < -0.3 is 0 Å². The molecule has 1 N–H and O–H groups in total. The second-order valence-corrected chi connectivity index (χ2v) is 7.28. The number of para-hydroxylation sites is 1. The highest BCUT2D eigenvalue weighted by molar-refractivity contribution is 7.88. The summed E-state index contributed by atoms with van der Waals surface area (Å²) in [4.78, 5) is 16.7. The zero-order valence-electron chi connectivity index (χ0n) is 13.1. The van der Waals surface area contributed by atoms with Gasteiger partial charge in [0.2, 0.25) is 10.0 Å². The largest absolute Gasteiger partial charge is 0.298 e. The van der Waals surface area contributed by atoms with Gasteiger partial charge in [-0.3, -0.25) is 9.36 Å². The molecule has 7 heteroatoms. The molecule has 0 aliphatic rings. The van der Waals surface area contributed by atoms with Gasteiger partial charge in [0.1, 0.15) is 5.82 Å². The topological polar surface area (TPSA) is 81.1 Å². The molecule has 1 heterocycles. The summed E-state index contributed by atoms with van der Waals surface area (Å²) < 4.78 is 28.3. The number of hydrogen-bond acceptors (Lipinski definition) is 4. The van der Waals surface area contributed by atoms with Crippen molar-refractivity contribution >= 4 is 20.9 Å². The Morgan fingerprint density at radius 2 is 1.71 bits per heavy atom. The average molecular weight is 343 g/mol. The fraction of sp³-hybridized carbons (Fsp3) is 0.176. The number of nitrogens with one attached hydrogen (secondary N) is 1. The first-order valence-electron chi connectivity index (χ1n) is 7.42. The van der Waals surface area contributed by atoms with E-state index in [1.54, 1.807) is 55.6 Å². The summed E-state index contributed by atoms with van der Waals surface area (Å²) in [6.07, 6.45) is 0. The molecule has 0 spiro atoms. The Balaban J connectivity index is 1.83. The van der Waals surface area contributed by atoms with Crippen LogP contribution in [0.4, 0.5) is 0 Å². The van der Waals surface area contributed by atoms with Gasteiger partial charge in [-0.1, -0.05) is 42.5 Å². The third kappa shape index (κ3) is 3.52. The molecule has 0 amide bonds. The minimum atomic E-state index is -3.52. The predicted molar refractivity (Wildman–Crippen MR) is 92.9 cm³/mol. The molecule has 1 aromatic heterocycles. The van der Waals surface area contributed by atoms with Gasteiger partial charge in [-0.25, -0.2) is 18.1 Å². The Kier molecular flexibility index (Phi) is 4.46. The molecule has 0 aliphatic carbocycles. The molecule has 3 rings (SSSR count). The molecule has 2 aromatic carbocycles. The van der Waals surface area contributed by atoms with Crippen molar-refractivity contribution in [2.45, 2.75) is 12.3 Å². The van der Waals surface area contributed by atoms with Gasteiger partial charge in [0.05, 0.1) is 23.2 Å². The van der Waals surface area contributed by atoms with Crippen molar-refractivity contribution in [3.8, 4) is 0 Å². The third-order valence-electron chi connectivity index (χ3n) is 3.73. The number of rotatable bonds is 5. The van der Waals surface area contributed by atoms with E-state index in [1.165, 1.54) is 4.57 Å². The lowest BCUT2D eigenvalue weighted by molar-refractivity contribution is 0.575. The minimum Gasteiger partial charge on any atom is -0.298 e.